The monoisotopic (exact) mass is 382 g/mol. The van der Waals surface area contributed by atoms with Gasteiger partial charge in [0.15, 0.2) is 5.82 Å². The molecule has 21 heavy (non-hydrogen) atoms. The van der Waals surface area contributed by atoms with E-state index >= 15 is 0 Å². The van der Waals surface area contributed by atoms with Crippen LogP contribution in [0.2, 0.25) is 0 Å². The van der Waals surface area contributed by atoms with Crippen LogP contribution in [0.3, 0.4) is 0 Å². The van der Waals surface area contributed by atoms with Crippen molar-refractivity contribution in [2.45, 2.75) is 31.7 Å². The Morgan fingerprint density at radius 2 is 1.95 bits per heavy atom. The second-order valence-corrected chi connectivity index (χ2v) is 7.80. The van der Waals surface area contributed by atoms with E-state index in [2.05, 4.69) is 26.0 Å². The lowest BCUT2D eigenvalue weighted by Gasteiger charge is -2.11. The van der Waals surface area contributed by atoms with Gasteiger partial charge in [-0.2, -0.15) is 0 Å². The number of sulfonamides is 1. The lowest BCUT2D eigenvalue weighted by molar-refractivity contribution is 0.579. The molecule has 1 aromatic rings. The summed E-state index contributed by atoms with van der Waals surface area (Å²) in [7, 11) is -3.65. The molecule has 0 heterocycles. The summed E-state index contributed by atoms with van der Waals surface area (Å²) in [5, 5.41) is 3.29. The van der Waals surface area contributed by atoms with Crippen molar-refractivity contribution in [1.82, 2.24) is 5.32 Å². The molecule has 8 heteroatoms. The molecule has 0 aromatic heterocycles. The first-order chi connectivity index (χ1) is 9.87. The van der Waals surface area contributed by atoms with Crippen molar-refractivity contribution in [2.75, 3.05) is 17.0 Å². The number of hydrogen-bond donors (Lipinski definition) is 2. The van der Waals surface area contributed by atoms with Crippen LogP contribution < -0.4 is 10.0 Å². The van der Waals surface area contributed by atoms with Crippen molar-refractivity contribution in [3.63, 3.8) is 0 Å². The van der Waals surface area contributed by atoms with Crippen LogP contribution >= 0.6 is 15.9 Å². The van der Waals surface area contributed by atoms with Gasteiger partial charge in [0.2, 0.25) is 10.0 Å². The number of rotatable bonds is 8. The molecule has 1 aliphatic rings. The molecule has 0 aliphatic heterocycles. The maximum Gasteiger partial charge on any atom is 0.232 e. The minimum Gasteiger partial charge on any atom is -0.314 e. The number of hydrogen-bond acceptors (Lipinski definition) is 3. The average molecular weight is 383 g/mol. The van der Waals surface area contributed by atoms with Crippen molar-refractivity contribution < 1.29 is 17.2 Å². The predicted molar refractivity (Wildman–Crippen MR) is 81.7 cm³/mol. The van der Waals surface area contributed by atoms with Crippen LogP contribution in [-0.4, -0.2) is 26.8 Å². The van der Waals surface area contributed by atoms with Gasteiger partial charge in [0.1, 0.15) is 5.82 Å². The van der Waals surface area contributed by atoms with Crippen molar-refractivity contribution >= 4 is 31.6 Å². The summed E-state index contributed by atoms with van der Waals surface area (Å²) in [6.07, 6.45) is 3.61. The lowest BCUT2D eigenvalue weighted by atomic mass is 10.3. The van der Waals surface area contributed by atoms with Crippen LogP contribution in [0.4, 0.5) is 14.5 Å². The van der Waals surface area contributed by atoms with Crippen LogP contribution in [0.1, 0.15) is 25.7 Å². The number of benzene rings is 1. The summed E-state index contributed by atoms with van der Waals surface area (Å²) in [5.74, 6) is -1.81. The quantitative estimate of drug-likeness (QED) is 0.679. The minimum absolute atomic E-state index is 0.0407. The molecule has 2 rings (SSSR count). The van der Waals surface area contributed by atoms with Crippen molar-refractivity contribution in [3.05, 3.63) is 28.2 Å². The van der Waals surface area contributed by atoms with Gasteiger partial charge in [-0.05, 0) is 54.2 Å². The van der Waals surface area contributed by atoms with E-state index in [0.717, 1.165) is 19.0 Å². The largest absolute Gasteiger partial charge is 0.314 e. The van der Waals surface area contributed by atoms with Crippen LogP contribution in [0.15, 0.2) is 16.6 Å². The van der Waals surface area contributed by atoms with Crippen LogP contribution in [0.5, 0.6) is 0 Å². The highest BCUT2D eigenvalue weighted by molar-refractivity contribution is 9.10. The normalized spacial score (nSPS) is 15.2. The van der Waals surface area contributed by atoms with Crippen molar-refractivity contribution in [2.24, 2.45) is 0 Å². The molecule has 0 spiro atoms. The van der Waals surface area contributed by atoms with E-state index in [9.17, 15) is 17.2 Å². The third kappa shape index (κ3) is 5.52. The first kappa shape index (κ1) is 16.6. The Labute approximate surface area is 131 Å². The van der Waals surface area contributed by atoms with Crippen molar-refractivity contribution in [3.8, 4) is 0 Å². The third-order valence-electron chi connectivity index (χ3n) is 3.11. The molecule has 0 unspecified atom stereocenters. The van der Waals surface area contributed by atoms with Crippen LogP contribution in [0, 0.1) is 11.6 Å². The molecule has 2 N–H and O–H groups in total. The van der Waals surface area contributed by atoms with Gasteiger partial charge in [0.25, 0.3) is 0 Å². The summed E-state index contributed by atoms with van der Waals surface area (Å²) < 4.78 is 52.5. The summed E-state index contributed by atoms with van der Waals surface area (Å²) in [6.45, 7) is 0.786. The van der Waals surface area contributed by atoms with E-state index in [4.69, 9.17) is 0 Å². The Balaban J connectivity index is 1.85. The van der Waals surface area contributed by atoms with Gasteiger partial charge in [0.05, 0.1) is 11.4 Å². The van der Waals surface area contributed by atoms with Gasteiger partial charge in [-0.3, -0.25) is 4.72 Å². The Bertz CT molecular complexity index is 583. The first-order valence-corrected chi connectivity index (χ1v) is 9.20. The topological polar surface area (TPSA) is 58.2 Å². The molecule has 1 saturated carbocycles. The smallest absolute Gasteiger partial charge is 0.232 e. The fourth-order valence-electron chi connectivity index (χ4n) is 1.86. The molecule has 0 bridgehead atoms. The molecule has 1 aliphatic carbocycles. The van der Waals surface area contributed by atoms with Gasteiger partial charge in [-0.25, -0.2) is 17.2 Å². The van der Waals surface area contributed by atoms with E-state index in [1.807, 2.05) is 0 Å². The zero-order chi connectivity index (χ0) is 15.5. The predicted octanol–water partition coefficient (Wildman–Crippen LogP) is 3.00. The Hall–Kier alpha value is -0.730. The fraction of sp³-hybridized carbons (Fsp3) is 0.538. The third-order valence-corrected chi connectivity index (χ3v) is 5.08. The molecule has 118 valence electrons. The molecule has 1 aromatic carbocycles. The van der Waals surface area contributed by atoms with Gasteiger partial charge in [-0.1, -0.05) is 0 Å². The molecule has 0 saturated heterocycles. The second kappa shape index (κ2) is 7.02. The molecular formula is C13H17BrF2N2O2S. The summed E-state index contributed by atoms with van der Waals surface area (Å²) >= 11 is 2.95. The Morgan fingerprint density at radius 1 is 1.24 bits per heavy atom. The van der Waals surface area contributed by atoms with E-state index < -0.39 is 21.7 Å². The molecule has 0 atom stereocenters. The molecule has 1 fully saturated rings. The van der Waals surface area contributed by atoms with E-state index in [1.54, 1.807) is 0 Å². The Morgan fingerprint density at radius 3 is 2.57 bits per heavy atom. The zero-order valence-electron chi connectivity index (χ0n) is 11.3. The van der Waals surface area contributed by atoms with Crippen LogP contribution in [-0.2, 0) is 10.0 Å². The van der Waals surface area contributed by atoms with Gasteiger partial charge in [0, 0.05) is 16.6 Å². The maximum absolute atomic E-state index is 13.6. The SMILES string of the molecule is O=S(=O)(CCCCNC1CC1)Nc1c(F)cc(F)cc1Br. The minimum atomic E-state index is -3.65. The maximum atomic E-state index is 13.6. The number of anilines is 1. The molecule has 0 radical (unpaired) electrons. The first-order valence-electron chi connectivity index (χ1n) is 6.76. The summed E-state index contributed by atoms with van der Waals surface area (Å²) in [5.41, 5.74) is -0.257. The molecule has 0 amide bonds. The van der Waals surface area contributed by atoms with E-state index in [1.165, 1.54) is 12.8 Å². The van der Waals surface area contributed by atoms with Gasteiger partial charge < -0.3 is 5.32 Å². The highest BCUT2D eigenvalue weighted by Crippen LogP contribution is 2.27. The fourth-order valence-corrected chi connectivity index (χ4v) is 3.70. The number of unbranched alkanes of at least 4 members (excludes halogenated alkanes) is 1. The van der Waals surface area contributed by atoms with E-state index in [0.29, 0.717) is 18.5 Å². The van der Waals surface area contributed by atoms with Crippen molar-refractivity contribution in [1.29, 1.82) is 0 Å². The average Bonchev–Trinajstić information content (AvgIpc) is 3.17. The zero-order valence-corrected chi connectivity index (χ0v) is 13.7. The number of nitrogens with one attached hydrogen (secondary N) is 2. The second-order valence-electron chi connectivity index (χ2n) is 5.10. The molecule has 4 nitrogen and oxygen atoms in total. The van der Waals surface area contributed by atoms with Gasteiger partial charge in [-0.15, -0.1) is 0 Å². The number of halogens is 3. The highest BCUT2D eigenvalue weighted by atomic mass is 79.9. The summed E-state index contributed by atoms with van der Waals surface area (Å²) in [6, 6.07) is 2.26. The standard InChI is InChI=1S/C13H17BrF2N2O2S/c14-11-7-9(15)8-12(16)13(11)18-21(19,20)6-2-1-5-17-10-3-4-10/h7-8,10,17-18H,1-6H2. The van der Waals surface area contributed by atoms with E-state index in [-0.39, 0.29) is 15.9 Å². The van der Waals surface area contributed by atoms with Crippen LogP contribution in [0.25, 0.3) is 0 Å². The highest BCUT2D eigenvalue weighted by Gasteiger charge is 2.20. The Kier molecular flexibility index (Phi) is 5.56. The van der Waals surface area contributed by atoms with Gasteiger partial charge >= 0.3 is 0 Å². The molecular weight excluding hydrogens is 366 g/mol. The lowest BCUT2D eigenvalue weighted by Crippen LogP contribution is -2.21. The summed E-state index contributed by atoms with van der Waals surface area (Å²) in [4.78, 5) is 0.